The van der Waals surface area contributed by atoms with Crippen molar-refractivity contribution >= 4 is 11.8 Å². The molecule has 1 spiro atoms. The van der Waals surface area contributed by atoms with Gasteiger partial charge in [-0.25, -0.2) is 9.97 Å². The van der Waals surface area contributed by atoms with E-state index >= 15 is 0 Å². The van der Waals surface area contributed by atoms with Gasteiger partial charge in [0.1, 0.15) is 0 Å². The lowest BCUT2D eigenvalue weighted by atomic mass is 9.78. The van der Waals surface area contributed by atoms with Crippen molar-refractivity contribution in [1.82, 2.24) is 19.8 Å². The van der Waals surface area contributed by atoms with Crippen LogP contribution in [0.1, 0.15) is 42.5 Å². The van der Waals surface area contributed by atoms with Crippen LogP contribution < -0.4 is 4.74 Å². The van der Waals surface area contributed by atoms with E-state index in [-0.39, 0.29) is 23.2 Å². The fourth-order valence-corrected chi connectivity index (χ4v) is 4.08. The molecule has 0 radical (unpaired) electrons. The van der Waals surface area contributed by atoms with Crippen molar-refractivity contribution in [2.75, 3.05) is 33.3 Å². The van der Waals surface area contributed by atoms with Crippen molar-refractivity contribution in [2.24, 2.45) is 11.3 Å². The largest absolute Gasteiger partial charge is 0.467 e. The van der Waals surface area contributed by atoms with E-state index in [0.29, 0.717) is 24.6 Å². The Labute approximate surface area is 147 Å². The molecule has 3 fully saturated rings. The van der Waals surface area contributed by atoms with Gasteiger partial charge in [0.15, 0.2) is 0 Å². The molecule has 2 saturated heterocycles. The molecule has 0 N–H and O–H groups in total. The van der Waals surface area contributed by atoms with E-state index in [1.165, 1.54) is 32.3 Å². The Morgan fingerprint density at radius 1 is 1.28 bits per heavy atom. The van der Waals surface area contributed by atoms with Crippen LogP contribution in [0.15, 0.2) is 12.4 Å². The van der Waals surface area contributed by atoms with Gasteiger partial charge >= 0.3 is 6.01 Å². The predicted octanol–water partition coefficient (Wildman–Crippen LogP) is 1.35. The third-order valence-electron chi connectivity index (χ3n) is 5.70. The number of hydrogen-bond acceptors (Lipinski definition) is 5. The van der Waals surface area contributed by atoms with Gasteiger partial charge < -0.3 is 14.5 Å². The summed E-state index contributed by atoms with van der Waals surface area (Å²) < 4.78 is 4.93. The summed E-state index contributed by atoms with van der Waals surface area (Å²) in [5, 5.41) is 0. The molecule has 1 aliphatic carbocycles. The maximum Gasteiger partial charge on any atom is 0.316 e. The normalized spacial score (nSPS) is 26.4. The maximum absolute atomic E-state index is 13.0. The maximum atomic E-state index is 13.0. The van der Waals surface area contributed by atoms with Gasteiger partial charge in [-0.3, -0.25) is 9.59 Å². The minimum atomic E-state index is -0.379. The van der Waals surface area contributed by atoms with Gasteiger partial charge in [-0.2, -0.15) is 0 Å². The van der Waals surface area contributed by atoms with Gasteiger partial charge in [0, 0.05) is 38.6 Å². The summed E-state index contributed by atoms with van der Waals surface area (Å²) in [7, 11) is 1.49. The minimum absolute atomic E-state index is 0.105. The van der Waals surface area contributed by atoms with Crippen LogP contribution in [0.3, 0.4) is 0 Å². The lowest BCUT2D eigenvalue weighted by Gasteiger charge is -2.39. The number of aromatic nitrogens is 2. The zero-order valence-electron chi connectivity index (χ0n) is 14.6. The monoisotopic (exact) mass is 344 g/mol. The zero-order chi connectivity index (χ0) is 17.4. The van der Waals surface area contributed by atoms with Crippen LogP contribution in [0.5, 0.6) is 6.01 Å². The van der Waals surface area contributed by atoms with E-state index in [1.54, 1.807) is 4.90 Å². The molecule has 0 bridgehead atoms. The van der Waals surface area contributed by atoms with Gasteiger partial charge in [0.05, 0.1) is 18.1 Å². The lowest BCUT2D eigenvalue weighted by Crippen LogP contribution is -2.50. The number of methoxy groups -OCH3 is 1. The second-order valence-corrected chi connectivity index (χ2v) is 7.51. The second-order valence-electron chi connectivity index (χ2n) is 7.51. The number of ether oxygens (including phenoxy) is 1. The van der Waals surface area contributed by atoms with Crippen molar-refractivity contribution in [3.05, 3.63) is 18.0 Å². The smallest absolute Gasteiger partial charge is 0.316 e. The molecule has 3 aliphatic rings. The standard InChI is InChI=1S/C18H24N4O3/c1-25-17-19-9-14(10-20-17)15(23)22-8-6-18(12-22)5-2-7-21(16(18)24)11-13-3-4-13/h9-10,13H,2-8,11-12H2,1H3/t18-/m0/s1. The molecule has 0 unspecified atom stereocenters. The van der Waals surface area contributed by atoms with E-state index in [2.05, 4.69) is 9.97 Å². The first-order valence-corrected chi connectivity index (χ1v) is 9.06. The molecular formula is C18H24N4O3. The molecule has 7 nitrogen and oxygen atoms in total. The SMILES string of the molecule is COc1ncc(C(=O)N2CC[C@@]3(CCCN(CC4CC4)C3=O)C2)cn1. The van der Waals surface area contributed by atoms with Gasteiger partial charge in [0.2, 0.25) is 5.91 Å². The second kappa shape index (κ2) is 6.28. The number of carbonyl (C=O) groups excluding carboxylic acids is 2. The Kier molecular flexibility index (Phi) is 4.09. The quantitative estimate of drug-likeness (QED) is 0.824. The molecule has 1 saturated carbocycles. The van der Waals surface area contributed by atoms with Crippen LogP contribution >= 0.6 is 0 Å². The number of nitrogens with zero attached hydrogens (tertiary/aromatic N) is 4. The first-order valence-electron chi connectivity index (χ1n) is 9.06. The Hall–Kier alpha value is -2.18. The van der Waals surface area contributed by atoms with E-state index in [0.717, 1.165) is 32.4 Å². The highest BCUT2D eigenvalue weighted by atomic mass is 16.5. The number of carbonyl (C=O) groups is 2. The van der Waals surface area contributed by atoms with Crippen LogP contribution in [-0.2, 0) is 4.79 Å². The summed E-state index contributed by atoms with van der Waals surface area (Å²) in [5.74, 6) is 0.855. The van der Waals surface area contributed by atoms with Crippen molar-refractivity contribution in [1.29, 1.82) is 0 Å². The number of piperidine rings is 1. The highest BCUT2D eigenvalue weighted by Crippen LogP contribution is 2.42. The van der Waals surface area contributed by atoms with E-state index < -0.39 is 0 Å². The first-order chi connectivity index (χ1) is 12.1. The summed E-state index contributed by atoms with van der Waals surface area (Å²) in [6, 6.07) is 0.243. The molecule has 1 aromatic rings. The Balaban J connectivity index is 1.45. The molecule has 134 valence electrons. The van der Waals surface area contributed by atoms with Crippen molar-refractivity contribution < 1.29 is 14.3 Å². The fourth-order valence-electron chi connectivity index (χ4n) is 4.08. The van der Waals surface area contributed by atoms with E-state index in [1.807, 2.05) is 4.90 Å². The molecule has 25 heavy (non-hydrogen) atoms. The highest BCUT2D eigenvalue weighted by molar-refractivity contribution is 5.95. The van der Waals surface area contributed by atoms with Crippen molar-refractivity contribution in [3.63, 3.8) is 0 Å². The Morgan fingerprint density at radius 3 is 2.72 bits per heavy atom. The van der Waals surface area contributed by atoms with Crippen LogP contribution in [0.25, 0.3) is 0 Å². The molecular weight excluding hydrogens is 320 g/mol. The van der Waals surface area contributed by atoms with Crippen LogP contribution in [0, 0.1) is 11.3 Å². The summed E-state index contributed by atoms with van der Waals surface area (Å²) in [5.41, 5.74) is 0.0618. The Morgan fingerprint density at radius 2 is 2.04 bits per heavy atom. The predicted molar refractivity (Wildman–Crippen MR) is 90.1 cm³/mol. The van der Waals surface area contributed by atoms with E-state index in [4.69, 9.17) is 4.74 Å². The number of likely N-dealkylation sites (tertiary alicyclic amines) is 2. The summed E-state index contributed by atoms with van der Waals surface area (Å²) in [4.78, 5) is 37.6. The van der Waals surface area contributed by atoms with Gasteiger partial charge in [-0.15, -0.1) is 0 Å². The molecule has 2 amide bonds. The van der Waals surface area contributed by atoms with Crippen molar-refractivity contribution in [2.45, 2.75) is 32.1 Å². The molecule has 1 aromatic heterocycles. The Bertz CT molecular complexity index is 673. The van der Waals surface area contributed by atoms with Gasteiger partial charge in [-0.1, -0.05) is 0 Å². The highest BCUT2D eigenvalue weighted by Gasteiger charge is 2.50. The topological polar surface area (TPSA) is 75.6 Å². The molecule has 2 aliphatic heterocycles. The first kappa shape index (κ1) is 16.3. The van der Waals surface area contributed by atoms with Crippen LogP contribution in [-0.4, -0.2) is 64.9 Å². The summed E-state index contributed by atoms with van der Waals surface area (Å²) >= 11 is 0. The van der Waals surface area contributed by atoms with Gasteiger partial charge in [-0.05, 0) is 38.0 Å². The molecule has 3 heterocycles. The lowest BCUT2D eigenvalue weighted by molar-refractivity contribution is -0.145. The average Bonchev–Trinajstić information content (AvgIpc) is 3.36. The number of hydrogen-bond donors (Lipinski definition) is 0. The molecule has 0 aromatic carbocycles. The van der Waals surface area contributed by atoms with Gasteiger partial charge in [0.25, 0.3) is 5.91 Å². The zero-order valence-corrected chi connectivity index (χ0v) is 14.6. The number of amides is 2. The van der Waals surface area contributed by atoms with Crippen molar-refractivity contribution in [3.8, 4) is 6.01 Å². The van der Waals surface area contributed by atoms with Crippen LogP contribution in [0.2, 0.25) is 0 Å². The molecule has 1 atom stereocenters. The fraction of sp³-hybridized carbons (Fsp3) is 0.667. The molecule has 4 rings (SSSR count). The third kappa shape index (κ3) is 3.07. The third-order valence-corrected chi connectivity index (χ3v) is 5.70. The number of rotatable bonds is 4. The average molecular weight is 344 g/mol. The minimum Gasteiger partial charge on any atom is -0.467 e. The van der Waals surface area contributed by atoms with E-state index in [9.17, 15) is 9.59 Å². The van der Waals surface area contributed by atoms with Crippen LogP contribution in [0.4, 0.5) is 0 Å². The summed E-state index contributed by atoms with van der Waals surface area (Å²) in [6.45, 7) is 2.91. The molecule has 7 heteroatoms. The summed E-state index contributed by atoms with van der Waals surface area (Å²) in [6.07, 6.45) is 8.15.